The van der Waals surface area contributed by atoms with Crippen LogP contribution in [0.15, 0.2) is 39.9 Å². The second-order valence-electron chi connectivity index (χ2n) is 6.45. The van der Waals surface area contributed by atoms with Crippen molar-refractivity contribution in [2.75, 3.05) is 20.2 Å². The number of para-hydroxylation sites is 1. The third kappa shape index (κ3) is 4.84. The van der Waals surface area contributed by atoms with Crippen LogP contribution >= 0.6 is 11.3 Å². The smallest absolute Gasteiger partial charge is 0.191 e. The van der Waals surface area contributed by atoms with Gasteiger partial charge in [-0.15, -0.1) is 11.3 Å². The Labute approximate surface area is 170 Å². The third-order valence-corrected chi connectivity index (χ3v) is 5.61. The van der Waals surface area contributed by atoms with E-state index in [-0.39, 0.29) is 6.04 Å². The number of nitrogens with one attached hydrogen (secondary N) is 2. The molecule has 0 saturated carbocycles. The predicted octanol–water partition coefficient (Wildman–Crippen LogP) is 4.32. The Balaban J connectivity index is 1.59. The summed E-state index contributed by atoms with van der Waals surface area (Å²) in [6.07, 6.45) is 3.88. The average Bonchev–Trinajstić information content (AvgIpc) is 3.34. The summed E-state index contributed by atoms with van der Waals surface area (Å²) in [7, 11) is 1.77. The maximum atomic E-state index is 6.07. The number of ether oxygens (including phenoxy) is 1. The van der Waals surface area contributed by atoms with Crippen LogP contribution in [0.2, 0.25) is 0 Å². The standard InChI is InChI=1S/C21H28N4O2S/c1-5-16-13-24-19(28-16)10-11-23-21(22-4)25-14(3)18-12-15-8-7-9-17(26-6-2)20(15)27-18/h7-9,12-14H,5-6,10-11H2,1-4H3,(H2,22,23,25). The number of thiazole rings is 1. The minimum Gasteiger partial charge on any atom is -0.490 e. The molecule has 150 valence electrons. The molecule has 0 spiro atoms. The van der Waals surface area contributed by atoms with E-state index in [4.69, 9.17) is 9.15 Å². The van der Waals surface area contributed by atoms with Gasteiger partial charge < -0.3 is 19.8 Å². The van der Waals surface area contributed by atoms with E-state index in [2.05, 4.69) is 34.5 Å². The van der Waals surface area contributed by atoms with E-state index in [0.717, 1.165) is 52.8 Å². The number of guanidine groups is 1. The molecule has 6 nitrogen and oxygen atoms in total. The van der Waals surface area contributed by atoms with Crippen molar-refractivity contribution in [2.45, 2.75) is 39.7 Å². The Morgan fingerprint density at radius 3 is 2.93 bits per heavy atom. The van der Waals surface area contributed by atoms with Gasteiger partial charge in [0.1, 0.15) is 5.76 Å². The molecule has 3 rings (SSSR count). The van der Waals surface area contributed by atoms with Gasteiger partial charge in [-0.05, 0) is 32.4 Å². The van der Waals surface area contributed by atoms with Gasteiger partial charge in [-0.1, -0.05) is 19.1 Å². The molecule has 0 bridgehead atoms. The van der Waals surface area contributed by atoms with E-state index in [1.165, 1.54) is 4.88 Å². The van der Waals surface area contributed by atoms with Gasteiger partial charge in [0, 0.05) is 36.5 Å². The Hall–Kier alpha value is -2.54. The zero-order valence-corrected chi connectivity index (χ0v) is 17.7. The number of rotatable bonds is 8. The molecule has 0 aliphatic carbocycles. The van der Waals surface area contributed by atoms with Gasteiger partial charge in [-0.3, -0.25) is 4.99 Å². The van der Waals surface area contributed by atoms with Gasteiger partial charge in [-0.2, -0.15) is 0 Å². The molecular formula is C21H28N4O2S. The number of hydrogen-bond donors (Lipinski definition) is 2. The fraction of sp³-hybridized carbons (Fsp3) is 0.429. The minimum absolute atomic E-state index is 0.0281. The first kappa shape index (κ1) is 20.2. The number of aromatic nitrogens is 1. The zero-order chi connectivity index (χ0) is 19.9. The van der Waals surface area contributed by atoms with Crippen molar-refractivity contribution in [1.82, 2.24) is 15.6 Å². The Kier molecular flexibility index (Phi) is 6.92. The summed E-state index contributed by atoms with van der Waals surface area (Å²) >= 11 is 1.77. The quantitative estimate of drug-likeness (QED) is 0.435. The average molecular weight is 401 g/mol. The molecule has 0 radical (unpaired) electrons. The molecular weight excluding hydrogens is 372 g/mol. The highest BCUT2D eigenvalue weighted by Crippen LogP contribution is 2.31. The maximum Gasteiger partial charge on any atom is 0.191 e. The largest absolute Gasteiger partial charge is 0.490 e. The molecule has 0 fully saturated rings. The summed E-state index contributed by atoms with van der Waals surface area (Å²) in [4.78, 5) is 10.1. The van der Waals surface area contributed by atoms with E-state index in [9.17, 15) is 0 Å². The molecule has 0 amide bonds. The molecule has 1 atom stereocenters. The summed E-state index contributed by atoms with van der Waals surface area (Å²) in [6, 6.07) is 7.96. The van der Waals surface area contributed by atoms with Crippen LogP contribution in [-0.4, -0.2) is 31.1 Å². The van der Waals surface area contributed by atoms with E-state index in [1.807, 2.05) is 37.4 Å². The van der Waals surface area contributed by atoms with Gasteiger partial charge in [-0.25, -0.2) is 4.98 Å². The fourth-order valence-electron chi connectivity index (χ4n) is 2.92. The molecule has 1 unspecified atom stereocenters. The first-order valence-electron chi connectivity index (χ1n) is 9.70. The molecule has 1 aromatic carbocycles. The lowest BCUT2D eigenvalue weighted by molar-refractivity contribution is 0.336. The van der Waals surface area contributed by atoms with Crippen molar-refractivity contribution in [2.24, 2.45) is 4.99 Å². The van der Waals surface area contributed by atoms with Crippen molar-refractivity contribution in [3.05, 3.63) is 46.1 Å². The van der Waals surface area contributed by atoms with Crippen molar-refractivity contribution in [1.29, 1.82) is 0 Å². The first-order chi connectivity index (χ1) is 13.6. The van der Waals surface area contributed by atoms with E-state index >= 15 is 0 Å². The summed E-state index contributed by atoms with van der Waals surface area (Å²) in [6.45, 7) is 7.56. The molecule has 2 N–H and O–H groups in total. The van der Waals surface area contributed by atoms with Crippen molar-refractivity contribution < 1.29 is 9.15 Å². The third-order valence-electron chi connectivity index (χ3n) is 4.41. The lowest BCUT2D eigenvalue weighted by atomic mass is 10.2. The van der Waals surface area contributed by atoms with Crippen molar-refractivity contribution >= 4 is 28.3 Å². The monoisotopic (exact) mass is 400 g/mol. The van der Waals surface area contributed by atoms with Gasteiger partial charge in [0.2, 0.25) is 0 Å². The minimum atomic E-state index is -0.0281. The van der Waals surface area contributed by atoms with Gasteiger partial charge >= 0.3 is 0 Å². The number of hydrogen-bond acceptors (Lipinski definition) is 5. The highest BCUT2D eigenvalue weighted by atomic mass is 32.1. The van der Waals surface area contributed by atoms with Gasteiger partial charge in [0.05, 0.1) is 17.7 Å². The summed E-state index contributed by atoms with van der Waals surface area (Å²) in [5.41, 5.74) is 0.784. The molecule has 3 aromatic rings. The number of aryl methyl sites for hydroxylation is 1. The number of fused-ring (bicyclic) bond motifs is 1. The van der Waals surface area contributed by atoms with E-state index in [0.29, 0.717) is 6.61 Å². The predicted molar refractivity (Wildman–Crippen MR) is 115 cm³/mol. The normalized spacial score (nSPS) is 12.9. The lowest BCUT2D eigenvalue weighted by Crippen LogP contribution is -2.39. The Morgan fingerprint density at radius 1 is 1.36 bits per heavy atom. The van der Waals surface area contributed by atoms with Crippen LogP contribution in [0.3, 0.4) is 0 Å². The van der Waals surface area contributed by atoms with E-state index in [1.54, 1.807) is 18.4 Å². The molecule has 2 aromatic heterocycles. The van der Waals surface area contributed by atoms with Crippen LogP contribution in [0.5, 0.6) is 5.75 Å². The first-order valence-corrected chi connectivity index (χ1v) is 10.5. The lowest BCUT2D eigenvalue weighted by Gasteiger charge is -2.16. The Morgan fingerprint density at radius 2 is 2.21 bits per heavy atom. The molecule has 0 saturated heterocycles. The van der Waals surface area contributed by atoms with Crippen LogP contribution in [0.4, 0.5) is 0 Å². The topological polar surface area (TPSA) is 71.7 Å². The SMILES string of the molecule is CCOc1cccc2cc(C(C)NC(=NC)NCCc3ncc(CC)s3)oc12. The molecule has 0 aliphatic rings. The number of furan rings is 1. The van der Waals surface area contributed by atoms with Crippen LogP contribution in [0.1, 0.15) is 42.5 Å². The van der Waals surface area contributed by atoms with Gasteiger partial charge in [0.25, 0.3) is 0 Å². The Bertz CT molecular complexity index is 932. The molecule has 28 heavy (non-hydrogen) atoms. The second kappa shape index (κ2) is 9.59. The number of nitrogens with zero attached hydrogens (tertiary/aromatic N) is 2. The van der Waals surface area contributed by atoms with Crippen LogP contribution < -0.4 is 15.4 Å². The second-order valence-corrected chi connectivity index (χ2v) is 7.64. The molecule has 2 heterocycles. The van der Waals surface area contributed by atoms with Gasteiger partial charge in [0.15, 0.2) is 17.3 Å². The highest BCUT2D eigenvalue weighted by Gasteiger charge is 2.15. The van der Waals surface area contributed by atoms with Crippen LogP contribution in [-0.2, 0) is 12.8 Å². The highest BCUT2D eigenvalue weighted by molar-refractivity contribution is 7.11. The zero-order valence-electron chi connectivity index (χ0n) is 16.9. The van der Waals surface area contributed by atoms with Crippen LogP contribution in [0, 0.1) is 0 Å². The number of benzene rings is 1. The summed E-state index contributed by atoms with van der Waals surface area (Å²) < 4.78 is 11.7. The summed E-state index contributed by atoms with van der Waals surface area (Å²) in [5, 5.41) is 8.92. The molecule has 0 aliphatic heterocycles. The van der Waals surface area contributed by atoms with Crippen molar-refractivity contribution in [3.63, 3.8) is 0 Å². The number of aliphatic imine (C=N–C) groups is 1. The van der Waals surface area contributed by atoms with Crippen molar-refractivity contribution in [3.8, 4) is 5.75 Å². The fourth-order valence-corrected chi connectivity index (χ4v) is 3.79. The summed E-state index contributed by atoms with van der Waals surface area (Å²) in [5.74, 6) is 2.36. The van der Waals surface area contributed by atoms with E-state index < -0.39 is 0 Å². The van der Waals surface area contributed by atoms with Crippen LogP contribution in [0.25, 0.3) is 11.0 Å². The molecule has 7 heteroatoms. The maximum absolute atomic E-state index is 6.07.